The molecule has 2 aromatic heterocycles. The summed E-state index contributed by atoms with van der Waals surface area (Å²) in [5.74, 6) is 0. The Bertz CT molecular complexity index is 624. The van der Waals surface area contributed by atoms with Gasteiger partial charge in [0.05, 0.1) is 11.7 Å². The lowest BCUT2D eigenvalue weighted by atomic mass is 10.1. The average molecular weight is 314 g/mol. The molecule has 120 valence electrons. The van der Waals surface area contributed by atoms with E-state index in [1.165, 1.54) is 10.9 Å². The molecule has 1 saturated heterocycles. The van der Waals surface area contributed by atoms with Crippen molar-refractivity contribution in [2.24, 2.45) is 7.05 Å². The predicted molar refractivity (Wildman–Crippen MR) is 71.8 cm³/mol. The smallest absolute Gasteiger partial charge is 0.297 e. The first-order valence-corrected chi connectivity index (χ1v) is 7.12. The number of piperidine rings is 1. The Morgan fingerprint density at radius 3 is 2.55 bits per heavy atom. The minimum Gasteiger partial charge on any atom is -0.297 e. The molecule has 1 aliphatic rings. The molecule has 0 spiro atoms. The van der Waals surface area contributed by atoms with Gasteiger partial charge in [-0.25, -0.2) is 0 Å². The van der Waals surface area contributed by atoms with Crippen LogP contribution in [0.2, 0.25) is 0 Å². The molecule has 0 amide bonds. The standard InChI is InChI=1S/C13H17F3N6/c1-20-8-10(17-19-20)9-21-5-2-11(3-6-21)22-7-4-12(18-22)13(14,15)16/h4,7-8,11H,2-3,5-6,9H2,1H3. The van der Waals surface area contributed by atoms with Crippen LogP contribution < -0.4 is 0 Å². The molecule has 1 aliphatic heterocycles. The van der Waals surface area contributed by atoms with Gasteiger partial charge in [-0.2, -0.15) is 18.3 Å². The Morgan fingerprint density at radius 1 is 1.27 bits per heavy atom. The summed E-state index contributed by atoms with van der Waals surface area (Å²) in [6.45, 7) is 2.33. The maximum absolute atomic E-state index is 12.6. The molecule has 0 bridgehead atoms. The number of alkyl halides is 3. The van der Waals surface area contributed by atoms with E-state index in [2.05, 4.69) is 20.3 Å². The first-order chi connectivity index (χ1) is 10.4. The Hall–Kier alpha value is -1.90. The van der Waals surface area contributed by atoms with Crippen LogP contribution in [0.3, 0.4) is 0 Å². The van der Waals surface area contributed by atoms with Crippen molar-refractivity contribution in [3.8, 4) is 0 Å². The van der Waals surface area contributed by atoms with E-state index in [4.69, 9.17) is 0 Å². The van der Waals surface area contributed by atoms with Crippen molar-refractivity contribution in [1.82, 2.24) is 29.7 Å². The second-order valence-electron chi connectivity index (χ2n) is 5.57. The molecule has 2 aromatic rings. The molecule has 3 rings (SSSR count). The number of hydrogen-bond acceptors (Lipinski definition) is 4. The van der Waals surface area contributed by atoms with Crippen molar-refractivity contribution >= 4 is 0 Å². The van der Waals surface area contributed by atoms with Gasteiger partial charge >= 0.3 is 6.18 Å². The summed E-state index contributed by atoms with van der Waals surface area (Å²) in [5, 5.41) is 11.6. The minimum absolute atomic E-state index is 0.0224. The third-order valence-corrected chi connectivity index (χ3v) is 3.87. The van der Waals surface area contributed by atoms with Gasteiger partial charge in [0.15, 0.2) is 5.69 Å². The van der Waals surface area contributed by atoms with Gasteiger partial charge in [-0.05, 0) is 18.9 Å². The summed E-state index contributed by atoms with van der Waals surface area (Å²) in [6, 6.07) is 1.06. The third kappa shape index (κ3) is 3.29. The molecule has 0 saturated carbocycles. The number of aryl methyl sites for hydroxylation is 1. The number of halogens is 3. The van der Waals surface area contributed by atoms with Crippen molar-refractivity contribution in [2.45, 2.75) is 31.6 Å². The van der Waals surface area contributed by atoms with Crippen LogP contribution in [-0.2, 0) is 19.8 Å². The van der Waals surface area contributed by atoms with Crippen LogP contribution in [0.25, 0.3) is 0 Å². The van der Waals surface area contributed by atoms with E-state index in [0.29, 0.717) is 6.54 Å². The fourth-order valence-corrected chi connectivity index (χ4v) is 2.73. The number of rotatable bonds is 3. The van der Waals surface area contributed by atoms with E-state index < -0.39 is 11.9 Å². The second-order valence-corrected chi connectivity index (χ2v) is 5.57. The summed E-state index contributed by atoms with van der Waals surface area (Å²) in [7, 11) is 1.82. The van der Waals surface area contributed by atoms with Crippen molar-refractivity contribution in [3.63, 3.8) is 0 Å². The molecule has 0 aliphatic carbocycles. The van der Waals surface area contributed by atoms with E-state index in [-0.39, 0.29) is 6.04 Å². The number of nitrogens with zero attached hydrogens (tertiary/aromatic N) is 6. The topological polar surface area (TPSA) is 51.8 Å². The summed E-state index contributed by atoms with van der Waals surface area (Å²) < 4.78 is 40.8. The second kappa shape index (κ2) is 5.71. The molecule has 9 heteroatoms. The van der Waals surface area contributed by atoms with Crippen LogP contribution in [0.15, 0.2) is 18.5 Å². The largest absolute Gasteiger partial charge is 0.435 e. The van der Waals surface area contributed by atoms with E-state index in [9.17, 15) is 13.2 Å². The van der Waals surface area contributed by atoms with E-state index >= 15 is 0 Å². The van der Waals surface area contributed by atoms with E-state index in [1.807, 2.05) is 13.2 Å². The molecule has 22 heavy (non-hydrogen) atoms. The fraction of sp³-hybridized carbons (Fsp3) is 0.615. The molecule has 0 radical (unpaired) electrons. The zero-order chi connectivity index (χ0) is 15.7. The van der Waals surface area contributed by atoms with Crippen molar-refractivity contribution in [1.29, 1.82) is 0 Å². The van der Waals surface area contributed by atoms with Crippen molar-refractivity contribution in [3.05, 3.63) is 29.8 Å². The summed E-state index contributed by atoms with van der Waals surface area (Å²) in [6.07, 6.45) is 0.470. The highest BCUT2D eigenvalue weighted by Gasteiger charge is 2.34. The van der Waals surface area contributed by atoms with Gasteiger partial charge < -0.3 is 0 Å². The molecule has 0 N–H and O–H groups in total. The minimum atomic E-state index is -4.38. The molecule has 1 fully saturated rings. The average Bonchev–Trinajstić information content (AvgIpc) is 3.08. The number of likely N-dealkylation sites (tertiary alicyclic amines) is 1. The lowest BCUT2D eigenvalue weighted by Gasteiger charge is -2.31. The number of aromatic nitrogens is 5. The Labute approximate surface area is 125 Å². The molecule has 0 atom stereocenters. The van der Waals surface area contributed by atoms with Crippen LogP contribution in [-0.4, -0.2) is 42.8 Å². The molecule has 0 aromatic carbocycles. The normalized spacial score (nSPS) is 18.0. The fourth-order valence-electron chi connectivity index (χ4n) is 2.73. The van der Waals surface area contributed by atoms with Crippen LogP contribution in [0.5, 0.6) is 0 Å². The molecular formula is C13H17F3N6. The van der Waals surface area contributed by atoms with Crippen molar-refractivity contribution < 1.29 is 13.2 Å². The maximum Gasteiger partial charge on any atom is 0.435 e. The number of hydrogen-bond donors (Lipinski definition) is 0. The van der Waals surface area contributed by atoms with Gasteiger partial charge in [-0.3, -0.25) is 14.3 Å². The van der Waals surface area contributed by atoms with Gasteiger partial charge in [-0.15, -0.1) is 5.10 Å². The van der Waals surface area contributed by atoms with Gasteiger partial charge in [-0.1, -0.05) is 5.21 Å². The molecule has 6 nitrogen and oxygen atoms in total. The van der Waals surface area contributed by atoms with Gasteiger partial charge in [0, 0.05) is 39.1 Å². The summed E-state index contributed by atoms with van der Waals surface area (Å²) in [5.41, 5.74) is 0.0777. The van der Waals surface area contributed by atoms with Crippen LogP contribution in [0.4, 0.5) is 13.2 Å². The first kappa shape index (κ1) is 15.0. The highest BCUT2D eigenvalue weighted by Crippen LogP contribution is 2.29. The molecule has 0 unspecified atom stereocenters. The molecular weight excluding hydrogens is 297 g/mol. The zero-order valence-electron chi connectivity index (χ0n) is 12.2. The summed E-state index contributed by atoms with van der Waals surface area (Å²) in [4.78, 5) is 2.23. The predicted octanol–water partition coefficient (Wildman–Crippen LogP) is 1.87. The van der Waals surface area contributed by atoms with Crippen LogP contribution >= 0.6 is 0 Å². The van der Waals surface area contributed by atoms with E-state index in [0.717, 1.165) is 37.7 Å². The first-order valence-electron chi connectivity index (χ1n) is 7.12. The molecule has 3 heterocycles. The van der Waals surface area contributed by atoms with Gasteiger partial charge in [0.1, 0.15) is 0 Å². The third-order valence-electron chi connectivity index (χ3n) is 3.87. The Balaban J connectivity index is 1.56. The van der Waals surface area contributed by atoms with Crippen LogP contribution in [0, 0.1) is 0 Å². The lowest BCUT2D eigenvalue weighted by molar-refractivity contribution is -0.141. The van der Waals surface area contributed by atoms with Crippen LogP contribution in [0.1, 0.15) is 30.3 Å². The highest BCUT2D eigenvalue weighted by molar-refractivity contribution is 5.04. The van der Waals surface area contributed by atoms with Gasteiger partial charge in [0.2, 0.25) is 0 Å². The van der Waals surface area contributed by atoms with E-state index in [1.54, 1.807) is 4.68 Å². The lowest BCUT2D eigenvalue weighted by Crippen LogP contribution is -2.34. The quantitative estimate of drug-likeness (QED) is 0.868. The summed E-state index contributed by atoms with van der Waals surface area (Å²) >= 11 is 0. The monoisotopic (exact) mass is 314 g/mol. The highest BCUT2D eigenvalue weighted by atomic mass is 19.4. The Morgan fingerprint density at radius 2 is 2.00 bits per heavy atom. The SMILES string of the molecule is Cn1cc(CN2CCC(n3ccc(C(F)(F)F)n3)CC2)nn1. The Kier molecular flexibility index (Phi) is 3.90. The van der Waals surface area contributed by atoms with Gasteiger partial charge in [0.25, 0.3) is 0 Å². The van der Waals surface area contributed by atoms with Crippen molar-refractivity contribution in [2.75, 3.05) is 13.1 Å². The maximum atomic E-state index is 12.6. The zero-order valence-corrected chi connectivity index (χ0v) is 12.2.